The van der Waals surface area contributed by atoms with Crippen LogP contribution in [0.4, 0.5) is 13.2 Å². The van der Waals surface area contributed by atoms with Gasteiger partial charge in [0.15, 0.2) is 5.82 Å². The van der Waals surface area contributed by atoms with Gasteiger partial charge in [0.2, 0.25) is 5.82 Å². The van der Waals surface area contributed by atoms with Crippen LogP contribution >= 0.6 is 11.3 Å². The summed E-state index contributed by atoms with van der Waals surface area (Å²) in [6.45, 7) is 0.331. The van der Waals surface area contributed by atoms with Crippen LogP contribution in [0.3, 0.4) is 0 Å². The van der Waals surface area contributed by atoms with E-state index in [0.717, 1.165) is 4.57 Å². The molecule has 0 bridgehead atoms. The molecule has 7 nitrogen and oxygen atoms in total. The molecule has 0 aliphatic carbocycles. The number of carbonyl (C=O) groups excluding carboxylic acids is 1. The Balaban J connectivity index is 1.81. The van der Waals surface area contributed by atoms with Crippen LogP contribution < -0.4 is 0 Å². The number of rotatable bonds is 3. The maximum absolute atomic E-state index is 12.8. The number of hydrogen-bond acceptors (Lipinski definition) is 6. The molecule has 1 aliphatic heterocycles. The molecule has 3 rings (SSSR count). The number of carbonyl (C=O) groups is 1. The minimum atomic E-state index is -4.55. The molecule has 0 aromatic carbocycles. The van der Waals surface area contributed by atoms with Crippen LogP contribution in [-0.2, 0) is 30.6 Å². The Morgan fingerprint density at radius 3 is 2.87 bits per heavy atom. The van der Waals surface area contributed by atoms with E-state index in [1.54, 1.807) is 0 Å². The van der Waals surface area contributed by atoms with Gasteiger partial charge in [0.25, 0.3) is 5.91 Å². The third-order valence-corrected chi connectivity index (χ3v) is 4.27. The second-order valence-electron chi connectivity index (χ2n) is 4.88. The second kappa shape index (κ2) is 5.89. The number of nitrogens with zero attached hydrogens (tertiary/aromatic N) is 5. The zero-order valence-corrected chi connectivity index (χ0v) is 12.8. The van der Waals surface area contributed by atoms with E-state index >= 15 is 0 Å². The smallest absolute Gasteiger partial charge is 0.378 e. The van der Waals surface area contributed by atoms with Crippen molar-refractivity contribution in [2.24, 2.45) is 0 Å². The van der Waals surface area contributed by atoms with E-state index in [-0.39, 0.29) is 38.0 Å². The number of aromatic nitrogens is 4. The van der Waals surface area contributed by atoms with E-state index in [2.05, 4.69) is 15.2 Å². The van der Waals surface area contributed by atoms with E-state index in [0.29, 0.717) is 10.6 Å². The predicted molar refractivity (Wildman–Crippen MR) is 72.6 cm³/mol. The highest BCUT2D eigenvalue weighted by atomic mass is 32.1. The van der Waals surface area contributed by atoms with Crippen LogP contribution in [0.15, 0.2) is 5.51 Å². The number of alkyl halides is 3. The van der Waals surface area contributed by atoms with Crippen molar-refractivity contribution < 1.29 is 22.7 Å². The molecule has 2 aromatic rings. The molecule has 0 saturated carbocycles. The largest absolute Gasteiger partial charge is 0.451 e. The molecule has 0 atom stereocenters. The second-order valence-corrected chi connectivity index (χ2v) is 5.73. The van der Waals surface area contributed by atoms with E-state index in [1.807, 2.05) is 0 Å². The highest BCUT2D eigenvalue weighted by Gasteiger charge is 2.40. The van der Waals surface area contributed by atoms with Crippen molar-refractivity contribution in [1.29, 1.82) is 0 Å². The SMILES string of the molecule is COCc1ncsc1C(=O)N1CCn2c(nnc2C(F)(F)F)C1. The summed E-state index contributed by atoms with van der Waals surface area (Å²) in [4.78, 5) is 18.5. The van der Waals surface area contributed by atoms with Gasteiger partial charge in [0.05, 0.1) is 24.4 Å². The lowest BCUT2D eigenvalue weighted by Crippen LogP contribution is -2.39. The first kappa shape index (κ1) is 15.9. The Morgan fingerprint density at radius 2 is 2.17 bits per heavy atom. The fourth-order valence-corrected chi connectivity index (χ4v) is 3.13. The lowest BCUT2D eigenvalue weighted by Gasteiger charge is -2.27. The third-order valence-electron chi connectivity index (χ3n) is 3.41. The predicted octanol–water partition coefficient (Wildman–Crippen LogP) is 1.56. The lowest BCUT2D eigenvalue weighted by atomic mass is 10.3. The van der Waals surface area contributed by atoms with Crippen LogP contribution in [0, 0.1) is 0 Å². The topological polar surface area (TPSA) is 73.1 Å². The van der Waals surface area contributed by atoms with E-state index in [9.17, 15) is 18.0 Å². The van der Waals surface area contributed by atoms with Gasteiger partial charge < -0.3 is 14.2 Å². The van der Waals surface area contributed by atoms with Gasteiger partial charge in [0.1, 0.15) is 4.88 Å². The van der Waals surface area contributed by atoms with Crippen LogP contribution in [0.5, 0.6) is 0 Å². The van der Waals surface area contributed by atoms with Crippen molar-refractivity contribution in [2.75, 3.05) is 13.7 Å². The van der Waals surface area contributed by atoms with Crippen LogP contribution in [0.1, 0.15) is 27.0 Å². The summed E-state index contributed by atoms with van der Waals surface area (Å²) in [5, 5.41) is 6.75. The summed E-state index contributed by atoms with van der Waals surface area (Å²) >= 11 is 1.18. The Hall–Kier alpha value is -2.01. The van der Waals surface area contributed by atoms with Crippen molar-refractivity contribution in [1.82, 2.24) is 24.6 Å². The molecule has 0 saturated heterocycles. The van der Waals surface area contributed by atoms with E-state index < -0.39 is 12.0 Å². The molecule has 1 aliphatic rings. The molecular formula is C12H12F3N5O2S. The lowest BCUT2D eigenvalue weighted by molar-refractivity contribution is -0.147. The molecule has 0 fully saturated rings. The quantitative estimate of drug-likeness (QED) is 0.842. The first-order valence-electron chi connectivity index (χ1n) is 6.61. The van der Waals surface area contributed by atoms with Gasteiger partial charge in [-0.3, -0.25) is 4.79 Å². The Kier molecular flexibility index (Phi) is 4.06. The maximum atomic E-state index is 12.8. The molecule has 3 heterocycles. The summed E-state index contributed by atoms with van der Waals surface area (Å²) in [6.07, 6.45) is -4.55. The summed E-state index contributed by atoms with van der Waals surface area (Å²) < 4.78 is 44.4. The first-order valence-corrected chi connectivity index (χ1v) is 7.49. The fourth-order valence-electron chi connectivity index (χ4n) is 2.37. The van der Waals surface area contributed by atoms with Crippen molar-refractivity contribution in [3.8, 4) is 0 Å². The number of ether oxygens (including phenoxy) is 1. The average molecular weight is 347 g/mol. The third kappa shape index (κ3) is 2.93. The molecule has 11 heteroatoms. The van der Waals surface area contributed by atoms with Gasteiger partial charge in [0, 0.05) is 20.2 Å². The highest BCUT2D eigenvalue weighted by Crippen LogP contribution is 2.30. The van der Waals surface area contributed by atoms with Gasteiger partial charge in [-0.15, -0.1) is 21.5 Å². The first-order chi connectivity index (χ1) is 10.9. The number of thiazole rings is 1. The molecule has 0 spiro atoms. The Bertz CT molecular complexity index is 727. The van der Waals surface area contributed by atoms with Crippen LogP contribution in [0.2, 0.25) is 0 Å². The molecule has 2 aromatic heterocycles. The minimum absolute atomic E-state index is 0.00132. The zero-order valence-electron chi connectivity index (χ0n) is 12.0. The molecule has 1 amide bonds. The molecule has 0 radical (unpaired) electrons. The molecule has 0 unspecified atom stereocenters. The molecule has 124 valence electrons. The number of hydrogen-bond donors (Lipinski definition) is 0. The Labute approximate surface area is 132 Å². The van der Waals surface area contributed by atoms with Gasteiger partial charge in [-0.05, 0) is 0 Å². The van der Waals surface area contributed by atoms with E-state index in [1.165, 1.54) is 28.9 Å². The standard InChI is InChI=1S/C12H12F3N5O2S/c1-22-5-7-9(23-6-16-7)10(21)19-2-3-20-8(4-19)17-18-11(20)12(13,14)15/h6H,2-5H2,1H3. The number of amides is 1. The molecule has 23 heavy (non-hydrogen) atoms. The normalized spacial score (nSPS) is 14.9. The van der Waals surface area contributed by atoms with Gasteiger partial charge in [-0.2, -0.15) is 13.2 Å². The average Bonchev–Trinajstić information content (AvgIpc) is 3.11. The van der Waals surface area contributed by atoms with E-state index in [4.69, 9.17) is 4.74 Å². The van der Waals surface area contributed by atoms with Crippen LogP contribution in [-0.4, -0.2) is 44.2 Å². The summed E-state index contributed by atoms with van der Waals surface area (Å²) in [7, 11) is 1.50. The van der Waals surface area contributed by atoms with Crippen molar-refractivity contribution in [3.63, 3.8) is 0 Å². The fraction of sp³-hybridized carbons (Fsp3) is 0.500. The number of fused-ring (bicyclic) bond motifs is 1. The maximum Gasteiger partial charge on any atom is 0.451 e. The summed E-state index contributed by atoms with van der Waals surface area (Å²) in [6, 6.07) is 0. The van der Waals surface area contributed by atoms with Crippen molar-refractivity contribution in [2.45, 2.75) is 25.9 Å². The Morgan fingerprint density at radius 1 is 1.39 bits per heavy atom. The number of methoxy groups -OCH3 is 1. The monoisotopic (exact) mass is 347 g/mol. The number of halogens is 3. The van der Waals surface area contributed by atoms with Crippen LogP contribution in [0.25, 0.3) is 0 Å². The molecular weight excluding hydrogens is 335 g/mol. The van der Waals surface area contributed by atoms with Crippen molar-refractivity contribution in [3.05, 3.63) is 27.7 Å². The van der Waals surface area contributed by atoms with Gasteiger partial charge in [-0.25, -0.2) is 4.98 Å². The van der Waals surface area contributed by atoms with Gasteiger partial charge in [-0.1, -0.05) is 0 Å². The van der Waals surface area contributed by atoms with Crippen molar-refractivity contribution >= 4 is 17.2 Å². The highest BCUT2D eigenvalue weighted by molar-refractivity contribution is 7.11. The zero-order chi connectivity index (χ0) is 16.6. The molecule has 0 N–H and O–H groups in total. The van der Waals surface area contributed by atoms with Gasteiger partial charge >= 0.3 is 6.18 Å². The summed E-state index contributed by atoms with van der Waals surface area (Å²) in [5.74, 6) is -1.20. The minimum Gasteiger partial charge on any atom is -0.378 e. The summed E-state index contributed by atoms with van der Waals surface area (Å²) in [5.41, 5.74) is 2.06.